The van der Waals surface area contributed by atoms with Crippen LogP contribution < -0.4 is 0 Å². The molecule has 0 fully saturated rings. The summed E-state index contributed by atoms with van der Waals surface area (Å²) in [5, 5.41) is 2.66. The molecule has 0 saturated heterocycles. The van der Waals surface area contributed by atoms with Crippen molar-refractivity contribution in [2.24, 2.45) is 0 Å². The predicted octanol–water partition coefficient (Wildman–Crippen LogP) is 7.97. The monoisotopic (exact) mass is 345 g/mol. The number of aromatic nitrogens is 1. The molecule has 1 nitrogen and oxygen atoms in total. The minimum Gasteiger partial charge on any atom is -0.354 e. The average molecular weight is 346 g/mol. The fourth-order valence-electron chi connectivity index (χ4n) is 3.48. The molecule has 5 rings (SSSR count). The van der Waals surface area contributed by atoms with Crippen LogP contribution >= 0.6 is 0 Å². The summed E-state index contributed by atoms with van der Waals surface area (Å²) in [4.78, 5) is 3.54. The summed E-state index contributed by atoms with van der Waals surface area (Å²) < 4.78 is 0. The number of nitrogens with one attached hydrogen (secondary N) is 1. The number of para-hydroxylation sites is 1. The normalized spacial score (nSPS) is 10.5. The van der Waals surface area contributed by atoms with Crippen molar-refractivity contribution < 1.29 is 0 Å². The first-order valence-corrected chi connectivity index (χ1v) is 10.0. The molecular weight excluding hydrogens is 314 g/mol. The van der Waals surface area contributed by atoms with Gasteiger partial charge in [-0.3, -0.25) is 0 Å². The van der Waals surface area contributed by atoms with Gasteiger partial charge in [-0.05, 0) is 46.9 Å². The fraction of sp³-hybridized carbons (Fsp3) is 0.280. The third-order valence-corrected chi connectivity index (χ3v) is 4.42. The average Bonchev–Trinajstić information content (AvgIpc) is 3.28. The van der Waals surface area contributed by atoms with E-state index < -0.39 is 0 Å². The maximum absolute atomic E-state index is 3.54. The molecule has 0 bridgehead atoms. The van der Waals surface area contributed by atoms with Crippen molar-refractivity contribution in [3.63, 3.8) is 0 Å². The highest BCUT2D eigenvalue weighted by Crippen LogP contribution is 2.40. The van der Waals surface area contributed by atoms with E-state index in [0.717, 1.165) is 6.42 Å². The van der Waals surface area contributed by atoms with Gasteiger partial charge in [0.1, 0.15) is 0 Å². The summed E-state index contributed by atoms with van der Waals surface area (Å²) in [5.41, 5.74) is 8.13. The molecule has 1 aliphatic carbocycles. The number of hydrogen-bond donors (Lipinski definition) is 1. The smallest absolute Gasteiger partial charge is 0.0471 e. The molecule has 1 aliphatic rings. The van der Waals surface area contributed by atoms with Crippen molar-refractivity contribution in [1.29, 1.82) is 0 Å². The predicted molar refractivity (Wildman–Crippen MR) is 118 cm³/mol. The van der Waals surface area contributed by atoms with Gasteiger partial charge in [0.25, 0.3) is 0 Å². The second-order valence-electron chi connectivity index (χ2n) is 5.56. The Hall–Kier alpha value is -2.54. The van der Waals surface area contributed by atoms with Gasteiger partial charge in [0.2, 0.25) is 0 Å². The molecular formula is C25H31N. The molecule has 0 atom stereocenters. The zero-order valence-electron chi connectivity index (χ0n) is 17.0. The number of rotatable bonds is 0. The number of benzene rings is 3. The molecule has 0 unspecified atom stereocenters. The lowest BCUT2D eigenvalue weighted by Crippen LogP contribution is -1.80. The van der Waals surface area contributed by atoms with E-state index in [9.17, 15) is 0 Å². The summed E-state index contributed by atoms with van der Waals surface area (Å²) >= 11 is 0. The lowest BCUT2D eigenvalue weighted by molar-refractivity contribution is 1.27. The van der Waals surface area contributed by atoms with Gasteiger partial charge in [-0.25, -0.2) is 0 Å². The molecule has 136 valence electrons. The first-order chi connectivity index (χ1) is 12.9. The van der Waals surface area contributed by atoms with E-state index in [4.69, 9.17) is 0 Å². The van der Waals surface area contributed by atoms with Crippen molar-refractivity contribution >= 4 is 21.8 Å². The SMILES string of the molecule is CC.CC.CC.c1ccc2c(c1)Cc1cc3c(cc1-2)[nH]c1ccccc13. The van der Waals surface area contributed by atoms with Gasteiger partial charge in [-0.2, -0.15) is 0 Å². The first kappa shape index (κ1) is 19.8. The quantitative estimate of drug-likeness (QED) is 0.293. The Labute approximate surface area is 158 Å². The summed E-state index contributed by atoms with van der Waals surface area (Å²) in [7, 11) is 0. The van der Waals surface area contributed by atoms with E-state index in [1.54, 1.807) is 0 Å². The molecule has 0 amide bonds. The second kappa shape index (κ2) is 9.24. The minimum absolute atomic E-state index is 1.06. The van der Waals surface area contributed by atoms with Gasteiger partial charge in [0.15, 0.2) is 0 Å². The summed E-state index contributed by atoms with van der Waals surface area (Å²) in [5.74, 6) is 0. The Morgan fingerprint density at radius 2 is 1.23 bits per heavy atom. The largest absolute Gasteiger partial charge is 0.354 e. The van der Waals surface area contributed by atoms with Gasteiger partial charge in [-0.1, -0.05) is 84.0 Å². The van der Waals surface area contributed by atoms with Crippen molar-refractivity contribution in [3.05, 3.63) is 71.8 Å². The van der Waals surface area contributed by atoms with Gasteiger partial charge in [-0.15, -0.1) is 0 Å². The van der Waals surface area contributed by atoms with Gasteiger partial charge >= 0.3 is 0 Å². The van der Waals surface area contributed by atoms with Crippen molar-refractivity contribution in [1.82, 2.24) is 4.98 Å². The highest BCUT2D eigenvalue weighted by molar-refractivity contribution is 6.09. The Kier molecular flexibility index (Phi) is 7.03. The van der Waals surface area contributed by atoms with Gasteiger partial charge < -0.3 is 4.98 Å². The van der Waals surface area contributed by atoms with E-state index in [1.165, 1.54) is 44.1 Å². The highest BCUT2D eigenvalue weighted by Gasteiger charge is 2.19. The molecule has 1 heteroatoms. The van der Waals surface area contributed by atoms with Crippen LogP contribution in [0.1, 0.15) is 52.7 Å². The number of hydrogen-bond acceptors (Lipinski definition) is 0. The van der Waals surface area contributed by atoms with E-state index >= 15 is 0 Å². The minimum atomic E-state index is 1.06. The summed E-state index contributed by atoms with van der Waals surface area (Å²) in [6.07, 6.45) is 1.06. The molecule has 0 radical (unpaired) electrons. The third kappa shape index (κ3) is 3.39. The second-order valence-corrected chi connectivity index (χ2v) is 5.56. The number of H-pyrrole nitrogens is 1. The molecule has 0 saturated carbocycles. The topological polar surface area (TPSA) is 15.8 Å². The Morgan fingerprint density at radius 1 is 0.577 bits per heavy atom. The molecule has 1 N–H and O–H groups in total. The number of fused-ring (bicyclic) bond motifs is 6. The van der Waals surface area contributed by atoms with Crippen LogP contribution in [0.2, 0.25) is 0 Å². The zero-order chi connectivity index (χ0) is 19.1. The number of aromatic amines is 1. The lowest BCUT2D eigenvalue weighted by atomic mass is 10.0. The van der Waals surface area contributed by atoms with Crippen molar-refractivity contribution in [3.8, 4) is 11.1 Å². The Morgan fingerprint density at radius 3 is 2.00 bits per heavy atom. The molecule has 4 aromatic rings. The van der Waals surface area contributed by atoms with E-state index in [-0.39, 0.29) is 0 Å². The summed E-state index contributed by atoms with van der Waals surface area (Å²) in [6, 6.07) is 21.9. The van der Waals surface area contributed by atoms with Crippen LogP contribution in [0.4, 0.5) is 0 Å². The first-order valence-electron chi connectivity index (χ1n) is 10.0. The van der Waals surface area contributed by atoms with Crippen LogP contribution in [0.5, 0.6) is 0 Å². The molecule has 26 heavy (non-hydrogen) atoms. The van der Waals surface area contributed by atoms with E-state index in [0.29, 0.717) is 0 Å². The van der Waals surface area contributed by atoms with Crippen LogP contribution in [0.3, 0.4) is 0 Å². The maximum Gasteiger partial charge on any atom is 0.0471 e. The van der Waals surface area contributed by atoms with Crippen LogP contribution in [-0.2, 0) is 6.42 Å². The van der Waals surface area contributed by atoms with Crippen molar-refractivity contribution in [2.45, 2.75) is 48.0 Å². The zero-order valence-corrected chi connectivity index (χ0v) is 17.0. The Bertz CT molecular complexity index is 976. The molecule has 1 aromatic heterocycles. The lowest BCUT2D eigenvalue weighted by Gasteiger charge is -2.01. The van der Waals surface area contributed by atoms with Crippen LogP contribution in [0, 0.1) is 0 Å². The Balaban J connectivity index is 0.000000371. The van der Waals surface area contributed by atoms with Gasteiger partial charge in [0, 0.05) is 21.8 Å². The van der Waals surface area contributed by atoms with Crippen molar-refractivity contribution in [2.75, 3.05) is 0 Å². The molecule has 0 spiro atoms. The fourth-order valence-corrected chi connectivity index (χ4v) is 3.48. The van der Waals surface area contributed by atoms with E-state index in [2.05, 4.69) is 65.6 Å². The standard InChI is InChI=1S/C19H13N.3C2H6/c1-2-6-14-12(5-1)9-13-10-17-15-7-3-4-8-18(15)20-19(17)11-16(13)14;3*1-2/h1-8,10-11,20H,9H2;3*1-2H3. The molecule has 0 aliphatic heterocycles. The van der Waals surface area contributed by atoms with Gasteiger partial charge in [0.05, 0.1) is 0 Å². The molecule has 3 aromatic carbocycles. The van der Waals surface area contributed by atoms with E-state index in [1.807, 2.05) is 41.5 Å². The molecule has 1 heterocycles. The third-order valence-electron chi connectivity index (χ3n) is 4.42. The van der Waals surface area contributed by atoms with Crippen LogP contribution in [0.15, 0.2) is 60.7 Å². The highest BCUT2D eigenvalue weighted by atomic mass is 14.7. The summed E-state index contributed by atoms with van der Waals surface area (Å²) in [6.45, 7) is 12.0. The maximum atomic E-state index is 3.54. The van der Waals surface area contributed by atoms with Crippen LogP contribution in [-0.4, -0.2) is 4.98 Å². The van der Waals surface area contributed by atoms with Crippen LogP contribution in [0.25, 0.3) is 32.9 Å².